The first-order valence-electron chi connectivity index (χ1n) is 4.67. The second-order valence-corrected chi connectivity index (χ2v) is 3.79. The summed E-state index contributed by atoms with van der Waals surface area (Å²) in [6, 6.07) is 0.361. The summed E-state index contributed by atoms with van der Waals surface area (Å²) in [5.74, 6) is -0.460. The van der Waals surface area contributed by atoms with E-state index in [1.165, 1.54) is 14.2 Å². The van der Waals surface area contributed by atoms with Gasteiger partial charge in [0.2, 0.25) is 5.91 Å². The van der Waals surface area contributed by atoms with E-state index >= 15 is 0 Å². The molecule has 1 fully saturated rings. The minimum atomic E-state index is -0.954. The molecule has 1 rings (SSSR count). The molecule has 1 aliphatic carbocycles. The molecule has 1 amide bonds. The van der Waals surface area contributed by atoms with Gasteiger partial charge in [0, 0.05) is 20.3 Å². The van der Waals surface area contributed by atoms with Crippen molar-refractivity contribution in [2.24, 2.45) is 5.73 Å². The standard InChI is InChI=1S/C9H18N2O3/c1-9(7(10)12,8(13-2)14-3)11-6-4-5-6/h6,8,11H,4-5H2,1-3H3,(H2,10,12). The first-order chi connectivity index (χ1) is 6.54. The Morgan fingerprint density at radius 3 is 2.29 bits per heavy atom. The van der Waals surface area contributed by atoms with Crippen molar-refractivity contribution in [1.29, 1.82) is 0 Å². The van der Waals surface area contributed by atoms with Crippen molar-refractivity contribution in [3.63, 3.8) is 0 Å². The van der Waals surface area contributed by atoms with Gasteiger partial charge in [0.25, 0.3) is 0 Å². The lowest BCUT2D eigenvalue weighted by molar-refractivity contribution is -0.166. The minimum Gasteiger partial charge on any atom is -0.368 e. The molecule has 0 aromatic rings. The van der Waals surface area contributed by atoms with Crippen LogP contribution in [0.1, 0.15) is 19.8 Å². The number of carbonyl (C=O) groups excluding carboxylic acids is 1. The van der Waals surface area contributed by atoms with Gasteiger partial charge in [-0.25, -0.2) is 0 Å². The van der Waals surface area contributed by atoms with Crippen LogP contribution in [0.15, 0.2) is 0 Å². The highest BCUT2D eigenvalue weighted by Gasteiger charge is 2.44. The Balaban J connectivity index is 2.71. The molecule has 0 aliphatic heterocycles. The number of amides is 1. The molecular formula is C9H18N2O3. The Bertz CT molecular complexity index is 214. The van der Waals surface area contributed by atoms with E-state index in [0.717, 1.165) is 12.8 Å². The van der Waals surface area contributed by atoms with Gasteiger partial charge in [0.15, 0.2) is 6.29 Å². The lowest BCUT2D eigenvalue weighted by atomic mass is 10.0. The lowest BCUT2D eigenvalue weighted by Gasteiger charge is -2.33. The molecule has 0 aromatic heterocycles. The maximum Gasteiger partial charge on any atom is 0.242 e. The van der Waals surface area contributed by atoms with E-state index in [4.69, 9.17) is 15.2 Å². The van der Waals surface area contributed by atoms with Crippen LogP contribution >= 0.6 is 0 Å². The summed E-state index contributed by atoms with van der Waals surface area (Å²) in [5, 5.41) is 3.14. The van der Waals surface area contributed by atoms with E-state index in [0.29, 0.717) is 6.04 Å². The van der Waals surface area contributed by atoms with Crippen molar-refractivity contribution in [2.45, 2.75) is 37.6 Å². The number of methoxy groups -OCH3 is 2. The molecule has 14 heavy (non-hydrogen) atoms. The molecule has 0 heterocycles. The monoisotopic (exact) mass is 202 g/mol. The van der Waals surface area contributed by atoms with Gasteiger partial charge in [0.05, 0.1) is 0 Å². The number of nitrogens with one attached hydrogen (secondary N) is 1. The molecule has 1 aliphatic rings. The highest BCUT2D eigenvalue weighted by molar-refractivity contribution is 5.84. The van der Waals surface area contributed by atoms with Crippen molar-refractivity contribution in [1.82, 2.24) is 5.32 Å². The van der Waals surface area contributed by atoms with E-state index in [1.807, 2.05) is 0 Å². The van der Waals surface area contributed by atoms with Gasteiger partial charge in [0.1, 0.15) is 5.54 Å². The maximum absolute atomic E-state index is 11.3. The molecule has 0 aromatic carbocycles. The van der Waals surface area contributed by atoms with Crippen LogP contribution in [0, 0.1) is 0 Å². The number of hydrogen-bond donors (Lipinski definition) is 2. The van der Waals surface area contributed by atoms with E-state index in [2.05, 4.69) is 5.32 Å². The topological polar surface area (TPSA) is 73.6 Å². The van der Waals surface area contributed by atoms with E-state index < -0.39 is 17.7 Å². The minimum absolute atomic E-state index is 0.361. The summed E-state index contributed by atoms with van der Waals surface area (Å²) in [4.78, 5) is 11.3. The molecule has 1 saturated carbocycles. The number of ether oxygens (including phenoxy) is 2. The number of primary amides is 1. The average Bonchev–Trinajstić information content (AvgIpc) is 2.90. The molecule has 1 unspecified atom stereocenters. The second-order valence-electron chi connectivity index (χ2n) is 3.79. The van der Waals surface area contributed by atoms with E-state index in [-0.39, 0.29) is 0 Å². The lowest BCUT2D eigenvalue weighted by Crippen LogP contribution is -2.62. The van der Waals surface area contributed by atoms with E-state index in [9.17, 15) is 4.79 Å². The van der Waals surface area contributed by atoms with Crippen LogP contribution in [0.2, 0.25) is 0 Å². The maximum atomic E-state index is 11.3. The van der Waals surface area contributed by atoms with Crippen molar-refractivity contribution in [3.05, 3.63) is 0 Å². The smallest absolute Gasteiger partial charge is 0.242 e. The quantitative estimate of drug-likeness (QED) is 0.575. The summed E-state index contributed by atoms with van der Waals surface area (Å²) in [6.07, 6.45) is 1.49. The van der Waals surface area contributed by atoms with Gasteiger partial charge in [-0.05, 0) is 19.8 Å². The number of hydrogen-bond acceptors (Lipinski definition) is 4. The van der Waals surface area contributed by atoms with Crippen molar-refractivity contribution in [2.75, 3.05) is 14.2 Å². The molecule has 5 heteroatoms. The van der Waals surface area contributed by atoms with Gasteiger partial charge >= 0.3 is 0 Å². The first kappa shape index (κ1) is 11.4. The number of rotatable bonds is 6. The molecule has 0 bridgehead atoms. The summed E-state index contributed by atoms with van der Waals surface area (Å²) in [6.45, 7) is 1.70. The SMILES string of the molecule is COC(OC)C(C)(NC1CC1)C(N)=O. The summed E-state index contributed by atoms with van der Waals surface area (Å²) >= 11 is 0. The fourth-order valence-electron chi connectivity index (χ4n) is 1.47. The molecule has 0 spiro atoms. The largest absolute Gasteiger partial charge is 0.368 e. The molecule has 1 atom stereocenters. The van der Waals surface area contributed by atoms with Crippen LogP contribution < -0.4 is 11.1 Å². The van der Waals surface area contributed by atoms with Crippen LogP contribution in [-0.2, 0) is 14.3 Å². The fraction of sp³-hybridized carbons (Fsp3) is 0.889. The number of carbonyl (C=O) groups is 1. The molecule has 0 radical (unpaired) electrons. The van der Waals surface area contributed by atoms with Gasteiger partial charge in [-0.2, -0.15) is 0 Å². The number of nitrogens with two attached hydrogens (primary N) is 1. The van der Waals surface area contributed by atoms with Crippen LogP contribution in [0.3, 0.4) is 0 Å². The van der Waals surface area contributed by atoms with Gasteiger partial charge in [-0.15, -0.1) is 0 Å². The Hall–Kier alpha value is -0.650. The van der Waals surface area contributed by atoms with Crippen LogP contribution in [0.5, 0.6) is 0 Å². The zero-order valence-corrected chi connectivity index (χ0v) is 8.87. The Labute approximate surface area is 83.9 Å². The summed E-state index contributed by atoms with van der Waals surface area (Å²) < 4.78 is 10.1. The van der Waals surface area contributed by atoms with Crippen molar-refractivity contribution < 1.29 is 14.3 Å². The first-order valence-corrected chi connectivity index (χ1v) is 4.67. The summed E-state index contributed by atoms with van der Waals surface area (Å²) in [7, 11) is 2.98. The van der Waals surface area contributed by atoms with Crippen molar-refractivity contribution >= 4 is 5.91 Å². The van der Waals surface area contributed by atoms with Gasteiger partial charge in [-0.1, -0.05) is 0 Å². The Kier molecular flexibility index (Phi) is 3.47. The van der Waals surface area contributed by atoms with Gasteiger partial charge in [-0.3, -0.25) is 10.1 Å². The fourth-order valence-corrected chi connectivity index (χ4v) is 1.47. The third-order valence-electron chi connectivity index (χ3n) is 2.49. The predicted molar refractivity (Wildman–Crippen MR) is 51.6 cm³/mol. The Morgan fingerprint density at radius 2 is 2.00 bits per heavy atom. The highest BCUT2D eigenvalue weighted by atomic mass is 16.7. The normalized spacial score (nSPS) is 20.9. The third-order valence-corrected chi connectivity index (χ3v) is 2.49. The van der Waals surface area contributed by atoms with Crippen LogP contribution in [0.4, 0.5) is 0 Å². The van der Waals surface area contributed by atoms with Gasteiger partial charge < -0.3 is 15.2 Å². The van der Waals surface area contributed by atoms with Crippen molar-refractivity contribution in [3.8, 4) is 0 Å². The van der Waals surface area contributed by atoms with Crippen LogP contribution in [0.25, 0.3) is 0 Å². The van der Waals surface area contributed by atoms with Crippen LogP contribution in [-0.4, -0.2) is 38.0 Å². The zero-order valence-electron chi connectivity index (χ0n) is 8.87. The predicted octanol–water partition coefficient (Wildman–Crippen LogP) is -0.399. The average molecular weight is 202 g/mol. The highest BCUT2D eigenvalue weighted by Crippen LogP contribution is 2.25. The molecule has 3 N–H and O–H groups in total. The summed E-state index contributed by atoms with van der Waals surface area (Å²) in [5.41, 5.74) is 4.38. The molecule has 5 nitrogen and oxygen atoms in total. The Morgan fingerprint density at radius 1 is 1.50 bits per heavy atom. The zero-order chi connectivity index (χ0) is 10.8. The molecule has 0 saturated heterocycles. The second kappa shape index (κ2) is 4.25. The third kappa shape index (κ3) is 2.23. The molecule has 82 valence electrons. The van der Waals surface area contributed by atoms with E-state index in [1.54, 1.807) is 6.92 Å². The molecular weight excluding hydrogens is 184 g/mol.